The fourth-order valence-corrected chi connectivity index (χ4v) is 2.43. The Labute approximate surface area is 112 Å². The molecule has 0 heterocycles. The van der Waals surface area contributed by atoms with Crippen LogP contribution in [0.25, 0.3) is 0 Å². The van der Waals surface area contributed by atoms with Crippen molar-refractivity contribution in [3.05, 3.63) is 39.9 Å². The van der Waals surface area contributed by atoms with E-state index >= 15 is 0 Å². The number of nitro groups is 1. The number of nitrogens with zero attached hydrogens (tertiary/aromatic N) is 1. The highest BCUT2D eigenvalue weighted by molar-refractivity contribution is 5.94. The molecule has 1 amide bonds. The fraction of sp³-hybridized carbons (Fsp3) is 0.500. The van der Waals surface area contributed by atoms with E-state index in [1.165, 1.54) is 37.1 Å². The number of carbonyl (C=O) groups excluding carboxylic acids is 1. The van der Waals surface area contributed by atoms with Gasteiger partial charge in [-0.1, -0.05) is 25.7 Å². The van der Waals surface area contributed by atoms with Crippen LogP contribution in [-0.2, 0) is 0 Å². The Morgan fingerprint density at radius 1 is 1.11 bits per heavy atom. The van der Waals surface area contributed by atoms with E-state index in [2.05, 4.69) is 5.32 Å². The quantitative estimate of drug-likeness (QED) is 0.517. The maximum Gasteiger partial charge on any atom is 0.269 e. The summed E-state index contributed by atoms with van der Waals surface area (Å²) in [5, 5.41) is 13.6. The van der Waals surface area contributed by atoms with Crippen molar-refractivity contribution in [2.75, 3.05) is 0 Å². The summed E-state index contributed by atoms with van der Waals surface area (Å²) in [6, 6.07) is 5.98. The Balaban J connectivity index is 1.96. The van der Waals surface area contributed by atoms with Crippen LogP contribution in [0.3, 0.4) is 0 Å². The van der Waals surface area contributed by atoms with Gasteiger partial charge in [0.15, 0.2) is 0 Å². The highest BCUT2D eigenvalue weighted by Gasteiger charge is 2.16. The number of rotatable bonds is 3. The molecule has 102 valence electrons. The van der Waals surface area contributed by atoms with Gasteiger partial charge in [-0.25, -0.2) is 0 Å². The number of amides is 1. The highest BCUT2D eigenvalue weighted by atomic mass is 16.6. The van der Waals surface area contributed by atoms with Crippen molar-refractivity contribution in [1.29, 1.82) is 0 Å². The van der Waals surface area contributed by atoms with Gasteiger partial charge in [0.05, 0.1) is 4.92 Å². The molecule has 2 rings (SSSR count). The molecule has 19 heavy (non-hydrogen) atoms. The summed E-state index contributed by atoms with van der Waals surface area (Å²) in [5.74, 6) is -0.137. The van der Waals surface area contributed by atoms with Crippen LogP contribution < -0.4 is 5.32 Å². The molecule has 1 saturated carbocycles. The number of nitrogens with one attached hydrogen (secondary N) is 1. The number of nitro benzene ring substituents is 1. The lowest BCUT2D eigenvalue weighted by atomic mass is 10.1. The van der Waals surface area contributed by atoms with Crippen molar-refractivity contribution in [3.8, 4) is 0 Å². The van der Waals surface area contributed by atoms with Gasteiger partial charge in [0, 0.05) is 23.7 Å². The zero-order valence-electron chi connectivity index (χ0n) is 10.8. The normalized spacial score (nSPS) is 16.6. The molecule has 0 unspecified atom stereocenters. The van der Waals surface area contributed by atoms with Crippen LogP contribution >= 0.6 is 0 Å². The monoisotopic (exact) mass is 262 g/mol. The van der Waals surface area contributed by atoms with Gasteiger partial charge in [-0.3, -0.25) is 14.9 Å². The highest BCUT2D eigenvalue weighted by Crippen LogP contribution is 2.18. The minimum absolute atomic E-state index is 0.00557. The zero-order valence-corrected chi connectivity index (χ0v) is 10.8. The summed E-state index contributed by atoms with van der Waals surface area (Å²) in [6.07, 6.45) is 6.85. The van der Waals surface area contributed by atoms with Gasteiger partial charge in [-0.2, -0.15) is 0 Å². The molecular formula is C14H18N2O3. The minimum Gasteiger partial charge on any atom is -0.349 e. The van der Waals surface area contributed by atoms with Crippen molar-refractivity contribution in [3.63, 3.8) is 0 Å². The summed E-state index contributed by atoms with van der Waals surface area (Å²) in [4.78, 5) is 22.1. The predicted molar refractivity (Wildman–Crippen MR) is 72.1 cm³/mol. The first-order valence-electron chi connectivity index (χ1n) is 6.72. The lowest BCUT2D eigenvalue weighted by Crippen LogP contribution is -2.34. The third-order valence-electron chi connectivity index (χ3n) is 3.53. The Morgan fingerprint density at radius 2 is 1.68 bits per heavy atom. The molecule has 1 aliphatic carbocycles. The molecule has 0 spiro atoms. The second-order valence-corrected chi connectivity index (χ2v) is 4.97. The lowest BCUT2D eigenvalue weighted by molar-refractivity contribution is -0.384. The average Bonchev–Trinajstić information content (AvgIpc) is 2.67. The van der Waals surface area contributed by atoms with Crippen LogP contribution in [0.15, 0.2) is 24.3 Å². The van der Waals surface area contributed by atoms with Crippen LogP contribution in [-0.4, -0.2) is 16.9 Å². The smallest absolute Gasteiger partial charge is 0.269 e. The zero-order chi connectivity index (χ0) is 13.7. The molecule has 0 bridgehead atoms. The molecule has 1 N–H and O–H groups in total. The SMILES string of the molecule is O=C(NC1CCCCCC1)c1ccc([N+](=O)[O-])cc1. The van der Waals surface area contributed by atoms with Crippen molar-refractivity contribution >= 4 is 11.6 Å². The van der Waals surface area contributed by atoms with E-state index in [1.807, 2.05) is 0 Å². The molecule has 1 aromatic rings. The molecule has 0 aromatic heterocycles. The molecule has 5 nitrogen and oxygen atoms in total. The van der Waals surface area contributed by atoms with Gasteiger partial charge in [-0.15, -0.1) is 0 Å². The molecule has 1 aromatic carbocycles. The molecule has 5 heteroatoms. The number of non-ortho nitro benzene ring substituents is 1. The summed E-state index contributed by atoms with van der Waals surface area (Å²) in [7, 11) is 0. The molecule has 0 saturated heterocycles. The van der Waals surface area contributed by atoms with Crippen LogP contribution in [0, 0.1) is 10.1 Å². The third kappa shape index (κ3) is 3.77. The molecule has 0 radical (unpaired) electrons. The summed E-state index contributed by atoms with van der Waals surface area (Å²) < 4.78 is 0. The maximum absolute atomic E-state index is 12.0. The molecule has 1 fully saturated rings. The Morgan fingerprint density at radius 3 is 2.21 bits per heavy atom. The first kappa shape index (κ1) is 13.5. The van der Waals surface area contributed by atoms with E-state index in [4.69, 9.17) is 0 Å². The van der Waals surface area contributed by atoms with Gasteiger partial charge in [0.25, 0.3) is 11.6 Å². The van der Waals surface area contributed by atoms with Crippen LogP contribution in [0.5, 0.6) is 0 Å². The minimum atomic E-state index is -0.465. The second-order valence-electron chi connectivity index (χ2n) is 4.97. The van der Waals surface area contributed by atoms with E-state index in [1.54, 1.807) is 0 Å². The largest absolute Gasteiger partial charge is 0.349 e. The number of benzene rings is 1. The van der Waals surface area contributed by atoms with Gasteiger partial charge in [0.2, 0.25) is 0 Å². The third-order valence-corrected chi connectivity index (χ3v) is 3.53. The Kier molecular flexibility index (Phi) is 4.49. The van der Waals surface area contributed by atoms with Gasteiger partial charge < -0.3 is 5.32 Å². The second kappa shape index (κ2) is 6.31. The summed E-state index contributed by atoms with van der Waals surface area (Å²) >= 11 is 0. The van der Waals surface area contributed by atoms with Crippen molar-refractivity contribution in [1.82, 2.24) is 5.32 Å². The van der Waals surface area contributed by atoms with Crippen LogP contribution in [0.1, 0.15) is 48.9 Å². The molecular weight excluding hydrogens is 244 g/mol. The Bertz CT molecular complexity index is 448. The van der Waals surface area contributed by atoms with Gasteiger partial charge in [0.1, 0.15) is 0 Å². The number of hydrogen-bond donors (Lipinski definition) is 1. The standard InChI is InChI=1S/C14H18N2O3/c17-14(15-12-5-3-1-2-4-6-12)11-7-9-13(10-8-11)16(18)19/h7-10,12H,1-6H2,(H,15,17). The number of carbonyl (C=O) groups is 1. The first-order valence-corrected chi connectivity index (χ1v) is 6.72. The first-order chi connectivity index (χ1) is 9.16. The van der Waals surface area contributed by atoms with Crippen molar-refractivity contribution < 1.29 is 9.72 Å². The maximum atomic E-state index is 12.0. The van der Waals surface area contributed by atoms with E-state index in [0.717, 1.165) is 25.7 Å². The molecule has 1 aliphatic rings. The van der Waals surface area contributed by atoms with Gasteiger partial charge in [-0.05, 0) is 25.0 Å². The average molecular weight is 262 g/mol. The summed E-state index contributed by atoms with van der Waals surface area (Å²) in [6.45, 7) is 0. The van der Waals surface area contributed by atoms with Crippen molar-refractivity contribution in [2.45, 2.75) is 44.6 Å². The van der Waals surface area contributed by atoms with Gasteiger partial charge >= 0.3 is 0 Å². The van der Waals surface area contributed by atoms with Crippen molar-refractivity contribution in [2.24, 2.45) is 0 Å². The van der Waals surface area contributed by atoms with E-state index in [-0.39, 0.29) is 17.6 Å². The van der Waals surface area contributed by atoms with Crippen LogP contribution in [0.4, 0.5) is 5.69 Å². The number of hydrogen-bond acceptors (Lipinski definition) is 3. The lowest BCUT2D eigenvalue weighted by Gasteiger charge is -2.16. The molecule has 0 aliphatic heterocycles. The van der Waals surface area contributed by atoms with E-state index < -0.39 is 4.92 Å². The topological polar surface area (TPSA) is 72.2 Å². The van der Waals surface area contributed by atoms with Crippen LogP contribution in [0.2, 0.25) is 0 Å². The van der Waals surface area contributed by atoms with E-state index in [9.17, 15) is 14.9 Å². The predicted octanol–water partition coefficient (Wildman–Crippen LogP) is 3.05. The fourth-order valence-electron chi connectivity index (χ4n) is 2.43. The molecule has 0 atom stereocenters. The Hall–Kier alpha value is -1.91. The van der Waals surface area contributed by atoms with E-state index in [0.29, 0.717) is 5.56 Å². The summed E-state index contributed by atoms with van der Waals surface area (Å²) in [5.41, 5.74) is 0.487.